The second-order valence-corrected chi connectivity index (χ2v) is 11.3. The summed E-state index contributed by atoms with van der Waals surface area (Å²) >= 11 is 0. The number of nitrogens with zero attached hydrogens (tertiary/aromatic N) is 2. The number of rotatable bonds is 6. The van der Waals surface area contributed by atoms with Crippen LogP contribution < -0.4 is 0 Å². The fraction of sp³-hybridized carbons (Fsp3) is 1.00. The van der Waals surface area contributed by atoms with Crippen LogP contribution in [0.5, 0.6) is 0 Å². The number of piperidine rings is 2. The van der Waals surface area contributed by atoms with E-state index in [0.29, 0.717) is 6.04 Å². The Bertz CT molecular complexity index is 498. The van der Waals surface area contributed by atoms with Gasteiger partial charge in [-0.3, -0.25) is 9.80 Å². The molecule has 150 valence electrons. The predicted octanol–water partition coefficient (Wildman–Crippen LogP) is 5.42. The summed E-state index contributed by atoms with van der Waals surface area (Å²) in [5.74, 6) is 4.62. The molecule has 0 spiro atoms. The molecule has 4 fully saturated rings. The largest absolute Gasteiger partial charge is 0.294 e. The van der Waals surface area contributed by atoms with Gasteiger partial charge in [-0.15, -0.1) is 0 Å². The maximum atomic E-state index is 2.94. The van der Waals surface area contributed by atoms with E-state index in [-0.39, 0.29) is 0 Å². The van der Waals surface area contributed by atoms with Crippen LogP contribution in [-0.2, 0) is 0 Å². The third-order valence-corrected chi connectivity index (χ3v) is 8.73. The highest BCUT2D eigenvalue weighted by Gasteiger charge is 2.54. The minimum atomic E-state index is 0.713. The van der Waals surface area contributed by atoms with Crippen molar-refractivity contribution in [2.75, 3.05) is 0 Å². The summed E-state index contributed by atoms with van der Waals surface area (Å²) in [5.41, 5.74) is 0. The molecule has 4 bridgehead atoms. The summed E-state index contributed by atoms with van der Waals surface area (Å²) < 4.78 is 0. The first-order chi connectivity index (χ1) is 12.3. The van der Waals surface area contributed by atoms with E-state index >= 15 is 0 Å². The zero-order valence-electron chi connectivity index (χ0n) is 18.5. The van der Waals surface area contributed by atoms with Crippen molar-refractivity contribution in [1.29, 1.82) is 0 Å². The molecule has 4 aliphatic rings. The molecule has 0 aromatic carbocycles. The minimum Gasteiger partial charge on any atom is -0.294 e. The van der Waals surface area contributed by atoms with Crippen molar-refractivity contribution < 1.29 is 0 Å². The van der Waals surface area contributed by atoms with Crippen LogP contribution in [0.15, 0.2) is 0 Å². The Kier molecular flexibility index (Phi) is 5.23. The first-order valence-electron chi connectivity index (χ1n) is 11.8. The third-order valence-electron chi connectivity index (χ3n) is 8.73. The molecule has 26 heavy (non-hydrogen) atoms. The van der Waals surface area contributed by atoms with Crippen molar-refractivity contribution in [3.8, 4) is 0 Å². The molecule has 2 aliphatic heterocycles. The molecule has 2 unspecified atom stereocenters. The highest BCUT2D eigenvalue weighted by molar-refractivity contribution is 5.08. The Hall–Kier alpha value is -0.0800. The molecule has 0 aromatic heterocycles. The molecule has 0 aromatic rings. The lowest BCUT2D eigenvalue weighted by Crippen LogP contribution is -2.52. The van der Waals surface area contributed by atoms with Crippen molar-refractivity contribution in [2.24, 2.45) is 29.6 Å². The molecule has 0 radical (unpaired) electrons. The predicted molar refractivity (Wildman–Crippen MR) is 111 cm³/mol. The van der Waals surface area contributed by atoms with Crippen LogP contribution in [0, 0.1) is 29.6 Å². The van der Waals surface area contributed by atoms with Gasteiger partial charge in [-0.25, -0.2) is 0 Å². The van der Waals surface area contributed by atoms with Gasteiger partial charge in [0, 0.05) is 36.3 Å². The summed E-state index contributed by atoms with van der Waals surface area (Å²) in [5, 5.41) is 0. The smallest absolute Gasteiger partial charge is 0.0155 e. The Morgan fingerprint density at radius 2 is 1.42 bits per heavy atom. The van der Waals surface area contributed by atoms with E-state index in [1.165, 1.54) is 38.5 Å². The van der Waals surface area contributed by atoms with Gasteiger partial charge in [0.25, 0.3) is 0 Å². The SMILES string of the molecule is CC(CC1C[C@@H]2C[C@H]1N(C(C)C)[C@@H]2C(C)C)[C@@H]1[C@H]2CC[C@H](C2)N1C(C)C. The van der Waals surface area contributed by atoms with Crippen LogP contribution in [0.4, 0.5) is 0 Å². The molecule has 0 amide bonds. The van der Waals surface area contributed by atoms with Crippen LogP contribution >= 0.6 is 0 Å². The second-order valence-electron chi connectivity index (χ2n) is 11.3. The quantitative estimate of drug-likeness (QED) is 0.624. The van der Waals surface area contributed by atoms with E-state index in [4.69, 9.17) is 0 Å². The van der Waals surface area contributed by atoms with Crippen LogP contribution in [0.25, 0.3) is 0 Å². The highest BCUT2D eigenvalue weighted by Crippen LogP contribution is 2.53. The van der Waals surface area contributed by atoms with Gasteiger partial charge < -0.3 is 0 Å². The maximum absolute atomic E-state index is 2.94. The molecule has 2 saturated heterocycles. The number of hydrogen-bond donors (Lipinski definition) is 0. The Labute approximate surface area is 163 Å². The summed E-state index contributed by atoms with van der Waals surface area (Å²) in [4.78, 5) is 5.88. The first-order valence-corrected chi connectivity index (χ1v) is 11.8. The average molecular weight is 361 g/mol. The van der Waals surface area contributed by atoms with Crippen LogP contribution in [0.3, 0.4) is 0 Å². The van der Waals surface area contributed by atoms with Gasteiger partial charge in [0.15, 0.2) is 0 Å². The van der Waals surface area contributed by atoms with Gasteiger partial charge in [0.1, 0.15) is 0 Å². The van der Waals surface area contributed by atoms with Gasteiger partial charge >= 0.3 is 0 Å². The Balaban J connectivity index is 1.45. The Morgan fingerprint density at radius 3 is 2.04 bits per heavy atom. The van der Waals surface area contributed by atoms with E-state index < -0.39 is 0 Å². The fourth-order valence-electron chi connectivity index (χ4n) is 8.32. The van der Waals surface area contributed by atoms with E-state index in [9.17, 15) is 0 Å². The minimum absolute atomic E-state index is 0.713. The molecule has 2 nitrogen and oxygen atoms in total. The average Bonchev–Trinajstić information content (AvgIpc) is 3.31. The van der Waals surface area contributed by atoms with Gasteiger partial charge in [-0.05, 0) is 95.8 Å². The first kappa shape index (κ1) is 19.2. The normalized spacial score (nSPS) is 44.3. The molecule has 2 heteroatoms. The lowest BCUT2D eigenvalue weighted by molar-refractivity contribution is 0.0174. The molecule has 2 aliphatic carbocycles. The molecule has 2 heterocycles. The molecular weight excluding hydrogens is 316 g/mol. The molecule has 8 atom stereocenters. The number of hydrogen-bond acceptors (Lipinski definition) is 2. The molecular formula is C24H44N2. The van der Waals surface area contributed by atoms with Gasteiger partial charge in [0.2, 0.25) is 0 Å². The summed E-state index contributed by atoms with van der Waals surface area (Å²) in [6, 6.07) is 4.95. The Morgan fingerprint density at radius 1 is 0.731 bits per heavy atom. The standard InChI is InChI=1S/C24H44N2/c1-14(2)23-20-11-19(22(13-20)26(23)16(5)6)10-17(7)24-18-8-9-21(12-18)25(24)15(3)4/h14-24H,8-13H2,1-7H3/t17?,18-,19?,20+,21+,22+,23+,24+/m0/s1. The molecule has 4 rings (SSSR count). The van der Waals surface area contributed by atoms with Crippen molar-refractivity contribution in [2.45, 2.75) is 123 Å². The van der Waals surface area contributed by atoms with Gasteiger partial charge in [-0.2, -0.15) is 0 Å². The van der Waals surface area contributed by atoms with Crippen molar-refractivity contribution in [3.63, 3.8) is 0 Å². The molecule has 2 saturated carbocycles. The number of fused-ring (bicyclic) bond motifs is 4. The second kappa shape index (κ2) is 7.07. The van der Waals surface area contributed by atoms with Crippen molar-refractivity contribution >= 4 is 0 Å². The molecule has 0 N–H and O–H groups in total. The van der Waals surface area contributed by atoms with E-state index in [1.807, 2.05) is 0 Å². The summed E-state index contributed by atoms with van der Waals surface area (Å²) in [6.45, 7) is 17.3. The van der Waals surface area contributed by atoms with Crippen LogP contribution in [-0.4, -0.2) is 46.1 Å². The van der Waals surface area contributed by atoms with Crippen LogP contribution in [0.2, 0.25) is 0 Å². The van der Waals surface area contributed by atoms with E-state index in [2.05, 4.69) is 58.3 Å². The summed E-state index contributed by atoms with van der Waals surface area (Å²) in [7, 11) is 0. The van der Waals surface area contributed by atoms with Crippen LogP contribution in [0.1, 0.15) is 87.0 Å². The summed E-state index contributed by atoms with van der Waals surface area (Å²) in [6.07, 6.45) is 8.96. The fourth-order valence-corrected chi connectivity index (χ4v) is 8.32. The topological polar surface area (TPSA) is 6.48 Å². The van der Waals surface area contributed by atoms with Gasteiger partial charge in [-0.1, -0.05) is 20.8 Å². The maximum Gasteiger partial charge on any atom is 0.0155 e. The zero-order valence-corrected chi connectivity index (χ0v) is 18.5. The van der Waals surface area contributed by atoms with Gasteiger partial charge in [0.05, 0.1) is 0 Å². The monoisotopic (exact) mass is 360 g/mol. The highest BCUT2D eigenvalue weighted by atomic mass is 15.3. The third kappa shape index (κ3) is 2.98. The lowest BCUT2D eigenvalue weighted by atomic mass is 9.78. The van der Waals surface area contributed by atoms with Crippen molar-refractivity contribution in [3.05, 3.63) is 0 Å². The zero-order chi connectivity index (χ0) is 18.7. The van der Waals surface area contributed by atoms with E-state index in [1.54, 1.807) is 0 Å². The number of likely N-dealkylation sites (tertiary alicyclic amines) is 2. The lowest BCUT2D eigenvalue weighted by Gasteiger charge is -2.46. The van der Waals surface area contributed by atoms with E-state index in [0.717, 1.165) is 59.8 Å². The van der Waals surface area contributed by atoms with Crippen molar-refractivity contribution in [1.82, 2.24) is 9.80 Å².